The Balaban J connectivity index is 0.00000288. The summed E-state index contributed by atoms with van der Waals surface area (Å²) < 4.78 is 5.13. The van der Waals surface area contributed by atoms with E-state index in [1.807, 2.05) is 0 Å². The number of likely N-dealkylation sites (tertiary alicyclic amines) is 1. The molecular weight excluding hydrogens is 373 g/mol. The normalized spacial score (nSPS) is 17.2. The number of nitrogens with zero attached hydrogens (tertiary/aromatic N) is 3. The first-order chi connectivity index (χ1) is 11.0. The van der Waals surface area contributed by atoms with E-state index in [4.69, 9.17) is 10.5 Å². The number of methoxy groups -OCH3 is 1. The third kappa shape index (κ3) is 6.62. The number of amides is 1. The molecule has 2 atom stereocenters. The van der Waals surface area contributed by atoms with Gasteiger partial charge in [0.2, 0.25) is 5.91 Å². The molecule has 0 aromatic carbocycles. The zero-order chi connectivity index (χ0) is 16.8. The lowest BCUT2D eigenvalue weighted by molar-refractivity contribution is -0.385. The van der Waals surface area contributed by atoms with Crippen molar-refractivity contribution in [2.24, 2.45) is 5.73 Å². The Morgan fingerprint density at radius 3 is 2.80 bits per heavy atom. The van der Waals surface area contributed by atoms with E-state index in [0.29, 0.717) is 25.5 Å². The molecule has 11 heteroatoms. The van der Waals surface area contributed by atoms with Crippen LogP contribution in [0.3, 0.4) is 0 Å². The highest BCUT2D eigenvalue weighted by Gasteiger charge is 2.27. The van der Waals surface area contributed by atoms with Crippen molar-refractivity contribution < 1.29 is 14.5 Å². The van der Waals surface area contributed by atoms with Gasteiger partial charge in [0.1, 0.15) is 12.0 Å². The number of hydrogen-bond acceptors (Lipinski definition) is 7. The molecule has 0 aliphatic carbocycles. The van der Waals surface area contributed by atoms with Crippen LogP contribution in [-0.2, 0) is 9.53 Å². The molecule has 1 saturated heterocycles. The summed E-state index contributed by atoms with van der Waals surface area (Å²) >= 11 is 0. The van der Waals surface area contributed by atoms with Crippen molar-refractivity contribution in [2.75, 3.05) is 32.1 Å². The van der Waals surface area contributed by atoms with Gasteiger partial charge in [0, 0.05) is 38.9 Å². The van der Waals surface area contributed by atoms with Crippen LogP contribution in [0.2, 0.25) is 0 Å². The van der Waals surface area contributed by atoms with Crippen LogP contribution in [0, 0.1) is 10.1 Å². The summed E-state index contributed by atoms with van der Waals surface area (Å²) in [5.74, 6) is 0.579. The molecule has 0 saturated carbocycles. The van der Waals surface area contributed by atoms with Crippen molar-refractivity contribution in [3.63, 3.8) is 0 Å². The predicted molar refractivity (Wildman–Crippen MR) is 98.5 cm³/mol. The number of nitro groups is 1. The molecule has 1 aromatic rings. The Bertz CT molecular complexity index is 557. The van der Waals surface area contributed by atoms with Crippen molar-refractivity contribution in [3.05, 3.63) is 28.4 Å². The first-order valence-electron chi connectivity index (χ1n) is 7.41. The minimum absolute atomic E-state index is 0. The highest BCUT2D eigenvalue weighted by Crippen LogP contribution is 2.17. The number of ether oxygens (including phenoxy) is 1. The van der Waals surface area contributed by atoms with Crippen molar-refractivity contribution in [3.8, 4) is 0 Å². The summed E-state index contributed by atoms with van der Waals surface area (Å²) in [6.07, 6.45) is 2.02. The molecule has 3 N–H and O–H groups in total. The molecule has 0 bridgehead atoms. The van der Waals surface area contributed by atoms with Crippen LogP contribution >= 0.6 is 24.8 Å². The van der Waals surface area contributed by atoms with Crippen LogP contribution in [0.4, 0.5) is 11.5 Å². The Morgan fingerprint density at radius 1 is 1.56 bits per heavy atom. The van der Waals surface area contributed by atoms with Gasteiger partial charge in [0.15, 0.2) is 0 Å². The molecule has 1 amide bonds. The largest absolute Gasteiger partial charge is 0.380 e. The maximum absolute atomic E-state index is 12.2. The van der Waals surface area contributed by atoms with Crippen molar-refractivity contribution in [1.82, 2.24) is 9.88 Å². The number of pyridine rings is 1. The highest BCUT2D eigenvalue weighted by atomic mass is 35.5. The molecule has 0 spiro atoms. The van der Waals surface area contributed by atoms with Crippen molar-refractivity contribution >= 4 is 42.2 Å². The van der Waals surface area contributed by atoms with Gasteiger partial charge in [-0.25, -0.2) is 4.98 Å². The number of halogens is 2. The van der Waals surface area contributed by atoms with Gasteiger partial charge in [-0.2, -0.15) is 0 Å². The van der Waals surface area contributed by atoms with E-state index < -0.39 is 4.92 Å². The quantitative estimate of drug-likeness (QED) is 0.524. The van der Waals surface area contributed by atoms with E-state index in [9.17, 15) is 14.9 Å². The smallest absolute Gasteiger partial charge is 0.287 e. The minimum Gasteiger partial charge on any atom is -0.380 e. The molecule has 1 aliphatic heterocycles. The summed E-state index contributed by atoms with van der Waals surface area (Å²) in [4.78, 5) is 28.1. The molecule has 25 heavy (non-hydrogen) atoms. The first-order valence-corrected chi connectivity index (χ1v) is 7.41. The third-order valence-corrected chi connectivity index (χ3v) is 3.85. The minimum atomic E-state index is -0.490. The van der Waals surface area contributed by atoms with E-state index in [1.54, 1.807) is 18.1 Å². The van der Waals surface area contributed by atoms with E-state index in [-0.39, 0.29) is 55.0 Å². The van der Waals surface area contributed by atoms with E-state index >= 15 is 0 Å². The van der Waals surface area contributed by atoms with Crippen LogP contribution in [0.1, 0.15) is 12.8 Å². The zero-order valence-corrected chi connectivity index (χ0v) is 15.4. The lowest BCUT2D eigenvalue weighted by Gasteiger charge is -2.20. The second kappa shape index (κ2) is 11.0. The number of carbonyl (C=O) groups is 1. The van der Waals surface area contributed by atoms with E-state index in [0.717, 1.165) is 6.42 Å². The zero-order valence-electron chi connectivity index (χ0n) is 13.8. The van der Waals surface area contributed by atoms with Gasteiger partial charge in [0.05, 0.1) is 17.4 Å². The molecule has 142 valence electrons. The number of nitrogens with two attached hydrogens (primary N) is 1. The van der Waals surface area contributed by atoms with Crippen molar-refractivity contribution in [1.29, 1.82) is 0 Å². The van der Waals surface area contributed by atoms with Gasteiger partial charge >= 0.3 is 0 Å². The Hall–Kier alpha value is -1.68. The van der Waals surface area contributed by atoms with Gasteiger partial charge < -0.3 is 20.7 Å². The molecular formula is C14H23Cl2N5O4. The molecule has 1 aliphatic rings. The van der Waals surface area contributed by atoms with E-state index in [2.05, 4.69) is 10.3 Å². The van der Waals surface area contributed by atoms with Crippen LogP contribution in [-0.4, -0.2) is 59.6 Å². The Morgan fingerprint density at radius 2 is 2.28 bits per heavy atom. The molecule has 0 radical (unpaired) electrons. The molecule has 1 fully saturated rings. The second-order valence-electron chi connectivity index (χ2n) is 5.43. The standard InChI is InChI=1S/C14H21N5O4.2ClH/c1-23-12(7-15)6-14(20)18-5-4-10(9-18)17-13-3-2-11(8-16-13)19(21)22;;/h2-3,8,10,12H,4-7,9,15H2,1H3,(H,16,17);2*1H. The molecule has 1 aromatic heterocycles. The highest BCUT2D eigenvalue weighted by molar-refractivity contribution is 5.85. The SMILES string of the molecule is COC(CN)CC(=O)N1CCC(Nc2ccc([N+](=O)[O-])cn2)C1.Cl.Cl. The fourth-order valence-electron chi connectivity index (χ4n) is 2.48. The molecule has 2 unspecified atom stereocenters. The number of rotatable bonds is 7. The summed E-state index contributed by atoms with van der Waals surface area (Å²) in [5.41, 5.74) is 5.48. The monoisotopic (exact) mass is 395 g/mol. The van der Waals surface area contributed by atoms with Gasteiger partial charge in [-0.15, -0.1) is 24.8 Å². The fourth-order valence-corrected chi connectivity index (χ4v) is 2.48. The van der Waals surface area contributed by atoms with Gasteiger partial charge in [-0.05, 0) is 12.5 Å². The predicted octanol–water partition coefficient (Wildman–Crippen LogP) is 1.21. The Kier molecular flexibility index (Phi) is 10.3. The third-order valence-electron chi connectivity index (χ3n) is 3.85. The van der Waals surface area contributed by atoms with E-state index in [1.165, 1.54) is 12.3 Å². The summed E-state index contributed by atoms with van der Waals surface area (Å²) in [5, 5.41) is 13.8. The van der Waals surface area contributed by atoms with Gasteiger partial charge in [-0.1, -0.05) is 0 Å². The maximum Gasteiger partial charge on any atom is 0.287 e. The fraction of sp³-hybridized carbons (Fsp3) is 0.571. The van der Waals surface area contributed by atoms with Crippen LogP contribution in [0.5, 0.6) is 0 Å². The number of anilines is 1. The van der Waals surface area contributed by atoms with Crippen LogP contribution < -0.4 is 11.1 Å². The number of aromatic nitrogens is 1. The molecule has 9 nitrogen and oxygen atoms in total. The average Bonchev–Trinajstić information content (AvgIpc) is 3.01. The lowest BCUT2D eigenvalue weighted by atomic mass is 10.2. The number of nitrogens with one attached hydrogen (secondary N) is 1. The first kappa shape index (κ1) is 23.3. The number of hydrogen-bond donors (Lipinski definition) is 2. The maximum atomic E-state index is 12.2. The molecule has 2 rings (SSSR count). The summed E-state index contributed by atoms with van der Waals surface area (Å²) in [6.45, 7) is 1.54. The second-order valence-corrected chi connectivity index (χ2v) is 5.43. The summed E-state index contributed by atoms with van der Waals surface area (Å²) in [6, 6.07) is 3.04. The van der Waals surface area contributed by atoms with Crippen LogP contribution in [0.25, 0.3) is 0 Å². The summed E-state index contributed by atoms with van der Waals surface area (Å²) in [7, 11) is 1.54. The number of carbonyl (C=O) groups excluding carboxylic acids is 1. The van der Waals surface area contributed by atoms with Crippen molar-refractivity contribution in [2.45, 2.75) is 25.0 Å². The average molecular weight is 396 g/mol. The van der Waals surface area contributed by atoms with Crippen LogP contribution in [0.15, 0.2) is 18.3 Å². The topological polar surface area (TPSA) is 124 Å². The molecule has 2 heterocycles. The lowest BCUT2D eigenvalue weighted by Crippen LogP contribution is -2.36. The Labute approximate surface area is 158 Å². The van der Waals surface area contributed by atoms with Gasteiger partial charge in [-0.3, -0.25) is 14.9 Å². The van der Waals surface area contributed by atoms with Gasteiger partial charge in [0.25, 0.3) is 5.69 Å².